The van der Waals surface area contributed by atoms with Crippen LogP contribution in [0.2, 0.25) is 0 Å². The summed E-state index contributed by atoms with van der Waals surface area (Å²) in [6.07, 6.45) is 2.55. The molecule has 3 fully saturated rings. The van der Waals surface area contributed by atoms with Crippen molar-refractivity contribution < 1.29 is 27.5 Å². The van der Waals surface area contributed by atoms with Crippen LogP contribution in [0.1, 0.15) is 47.8 Å². The van der Waals surface area contributed by atoms with E-state index in [4.69, 9.17) is 4.74 Å². The molecule has 5 rings (SSSR count). The molecule has 2 aromatic rings. The van der Waals surface area contributed by atoms with Crippen LogP contribution in [0, 0.1) is 17.5 Å². The molecule has 0 unspecified atom stereocenters. The van der Waals surface area contributed by atoms with Crippen LogP contribution in [0.4, 0.5) is 13.2 Å². The SMILES string of the molecule is O=C(c1ncccc1F)N1CCC2(CC1)O[C@@H]1CC[C@@H](c3cc(F)cc(F)c3)N1C2=O. The number of fused-ring (bicyclic) bond motifs is 1. The van der Waals surface area contributed by atoms with Gasteiger partial charge >= 0.3 is 0 Å². The summed E-state index contributed by atoms with van der Waals surface area (Å²) in [6, 6.07) is 5.44. The number of halogens is 3. The molecule has 1 aromatic heterocycles. The molecular weight excluding hydrogens is 411 g/mol. The number of ether oxygens (including phenoxy) is 1. The van der Waals surface area contributed by atoms with Crippen LogP contribution in [0.25, 0.3) is 0 Å². The molecule has 6 nitrogen and oxygen atoms in total. The van der Waals surface area contributed by atoms with Crippen molar-refractivity contribution in [3.63, 3.8) is 0 Å². The summed E-state index contributed by atoms with van der Waals surface area (Å²) in [5.74, 6) is -2.80. The van der Waals surface area contributed by atoms with Crippen LogP contribution in [-0.4, -0.2) is 51.5 Å². The number of hydrogen-bond acceptors (Lipinski definition) is 4. The van der Waals surface area contributed by atoms with Crippen molar-refractivity contribution in [2.24, 2.45) is 0 Å². The molecule has 0 bridgehead atoms. The number of piperidine rings is 1. The third-order valence-corrected chi connectivity index (χ3v) is 6.41. The molecule has 0 saturated carbocycles. The van der Waals surface area contributed by atoms with E-state index in [-0.39, 0.29) is 37.5 Å². The fourth-order valence-corrected chi connectivity index (χ4v) is 4.90. The highest BCUT2D eigenvalue weighted by atomic mass is 19.1. The van der Waals surface area contributed by atoms with Crippen LogP contribution in [0.3, 0.4) is 0 Å². The molecule has 0 N–H and O–H groups in total. The van der Waals surface area contributed by atoms with Crippen molar-refractivity contribution in [1.29, 1.82) is 0 Å². The van der Waals surface area contributed by atoms with Crippen LogP contribution in [-0.2, 0) is 9.53 Å². The monoisotopic (exact) mass is 431 g/mol. The van der Waals surface area contributed by atoms with Gasteiger partial charge in [0, 0.05) is 38.2 Å². The number of benzene rings is 1. The maximum atomic E-state index is 13.9. The fraction of sp³-hybridized carbons (Fsp3) is 0.409. The second-order valence-electron chi connectivity index (χ2n) is 8.20. The van der Waals surface area contributed by atoms with E-state index in [1.54, 1.807) is 4.90 Å². The van der Waals surface area contributed by atoms with Gasteiger partial charge in [-0.25, -0.2) is 18.2 Å². The number of carbonyl (C=O) groups is 2. The number of hydrogen-bond donors (Lipinski definition) is 0. The first-order chi connectivity index (χ1) is 14.9. The van der Waals surface area contributed by atoms with Gasteiger partial charge < -0.3 is 14.5 Å². The number of aromatic nitrogens is 1. The summed E-state index contributed by atoms with van der Waals surface area (Å²) in [7, 11) is 0. The van der Waals surface area contributed by atoms with Crippen LogP contribution in [0.5, 0.6) is 0 Å². The van der Waals surface area contributed by atoms with E-state index in [1.807, 2.05) is 0 Å². The van der Waals surface area contributed by atoms with E-state index < -0.39 is 41.2 Å². The fourth-order valence-electron chi connectivity index (χ4n) is 4.90. The highest BCUT2D eigenvalue weighted by Gasteiger charge is 2.58. The summed E-state index contributed by atoms with van der Waals surface area (Å²) in [4.78, 5) is 32.9. The van der Waals surface area contributed by atoms with Gasteiger partial charge in [-0.15, -0.1) is 0 Å². The van der Waals surface area contributed by atoms with E-state index in [0.717, 1.165) is 6.07 Å². The van der Waals surface area contributed by atoms with Crippen molar-refractivity contribution in [3.8, 4) is 0 Å². The van der Waals surface area contributed by atoms with E-state index >= 15 is 0 Å². The summed E-state index contributed by atoms with van der Waals surface area (Å²) in [6.45, 7) is 0.445. The topological polar surface area (TPSA) is 62.7 Å². The third-order valence-electron chi connectivity index (χ3n) is 6.41. The molecule has 31 heavy (non-hydrogen) atoms. The quantitative estimate of drug-likeness (QED) is 0.733. The standard InChI is InChI=1S/C22H20F3N3O3/c23-14-10-13(11-15(24)12-14)17-3-4-18-28(17)21(30)22(31-18)5-8-27(9-6-22)20(29)19-16(25)2-1-7-26-19/h1-2,7,10-12,17-18H,3-6,8-9H2/t17-,18+/m0/s1. The molecule has 1 aromatic carbocycles. The number of amides is 2. The van der Waals surface area contributed by atoms with Gasteiger partial charge in [-0.05, 0) is 42.7 Å². The average molecular weight is 431 g/mol. The summed E-state index contributed by atoms with van der Waals surface area (Å²) in [5.41, 5.74) is -0.910. The summed E-state index contributed by atoms with van der Waals surface area (Å²) < 4.78 is 47.5. The number of carbonyl (C=O) groups excluding carboxylic acids is 2. The number of pyridine rings is 1. The summed E-state index contributed by atoms with van der Waals surface area (Å²) in [5, 5.41) is 0. The van der Waals surface area contributed by atoms with Crippen molar-refractivity contribution in [1.82, 2.24) is 14.8 Å². The lowest BCUT2D eigenvalue weighted by Gasteiger charge is -2.37. The van der Waals surface area contributed by atoms with E-state index in [9.17, 15) is 22.8 Å². The molecule has 2 amide bonds. The molecule has 2 atom stereocenters. The minimum absolute atomic E-state index is 0.221. The van der Waals surface area contributed by atoms with Gasteiger partial charge in [-0.2, -0.15) is 0 Å². The molecule has 0 aliphatic carbocycles. The molecule has 9 heteroatoms. The van der Waals surface area contributed by atoms with E-state index in [2.05, 4.69) is 4.98 Å². The predicted octanol–water partition coefficient (Wildman–Crippen LogP) is 3.19. The zero-order chi connectivity index (χ0) is 21.8. The smallest absolute Gasteiger partial charge is 0.275 e. The molecule has 4 heterocycles. The maximum Gasteiger partial charge on any atom is 0.275 e. The Labute approximate surface area is 176 Å². The first-order valence-corrected chi connectivity index (χ1v) is 10.2. The Morgan fingerprint density at radius 3 is 2.48 bits per heavy atom. The molecule has 162 valence electrons. The lowest BCUT2D eigenvalue weighted by Crippen LogP contribution is -2.51. The molecule has 3 saturated heterocycles. The Morgan fingerprint density at radius 1 is 1.10 bits per heavy atom. The number of likely N-dealkylation sites (tertiary alicyclic amines) is 1. The van der Waals surface area contributed by atoms with Crippen molar-refractivity contribution >= 4 is 11.8 Å². The van der Waals surface area contributed by atoms with E-state index in [0.29, 0.717) is 18.4 Å². The largest absolute Gasteiger partial charge is 0.342 e. The second kappa shape index (κ2) is 7.33. The lowest BCUT2D eigenvalue weighted by atomic mass is 9.89. The maximum absolute atomic E-state index is 13.9. The molecule has 3 aliphatic rings. The van der Waals surface area contributed by atoms with E-state index in [1.165, 1.54) is 35.4 Å². The Balaban J connectivity index is 1.32. The normalized spacial score (nSPS) is 24.7. The van der Waals surface area contributed by atoms with Gasteiger partial charge in [-0.1, -0.05) is 0 Å². The van der Waals surface area contributed by atoms with Gasteiger partial charge in [0.25, 0.3) is 11.8 Å². The zero-order valence-corrected chi connectivity index (χ0v) is 16.6. The van der Waals surface area contributed by atoms with Gasteiger partial charge in [0.2, 0.25) is 0 Å². The molecule has 1 spiro atoms. The number of rotatable bonds is 2. The molecule has 3 aliphatic heterocycles. The minimum atomic E-state index is -1.07. The Bertz CT molecular complexity index is 1040. The third kappa shape index (κ3) is 3.27. The van der Waals surface area contributed by atoms with Crippen molar-refractivity contribution in [2.75, 3.05) is 13.1 Å². The zero-order valence-electron chi connectivity index (χ0n) is 16.6. The Hall–Kier alpha value is -2.94. The Kier molecular flexibility index (Phi) is 4.73. The Morgan fingerprint density at radius 2 is 1.81 bits per heavy atom. The predicted molar refractivity (Wildman–Crippen MR) is 102 cm³/mol. The first-order valence-electron chi connectivity index (χ1n) is 10.2. The van der Waals surface area contributed by atoms with Crippen molar-refractivity contribution in [2.45, 2.75) is 43.6 Å². The molecule has 0 radical (unpaired) electrons. The molecular formula is C22H20F3N3O3. The first kappa shape index (κ1) is 20.0. The highest BCUT2D eigenvalue weighted by Crippen LogP contribution is 2.47. The van der Waals surface area contributed by atoms with Crippen LogP contribution < -0.4 is 0 Å². The summed E-state index contributed by atoms with van der Waals surface area (Å²) >= 11 is 0. The van der Waals surface area contributed by atoms with Gasteiger partial charge in [0.05, 0.1) is 6.04 Å². The highest BCUT2D eigenvalue weighted by molar-refractivity contribution is 5.93. The second-order valence-corrected chi connectivity index (χ2v) is 8.20. The van der Waals surface area contributed by atoms with Gasteiger partial charge in [0.15, 0.2) is 17.1 Å². The average Bonchev–Trinajstić information content (AvgIpc) is 3.26. The van der Waals surface area contributed by atoms with Gasteiger partial charge in [0.1, 0.15) is 17.9 Å². The lowest BCUT2D eigenvalue weighted by molar-refractivity contribution is -0.142. The minimum Gasteiger partial charge on any atom is -0.342 e. The van der Waals surface area contributed by atoms with Gasteiger partial charge in [-0.3, -0.25) is 9.59 Å². The van der Waals surface area contributed by atoms with Crippen molar-refractivity contribution in [3.05, 3.63) is 65.2 Å². The number of nitrogens with zero attached hydrogens (tertiary/aromatic N) is 3. The van der Waals surface area contributed by atoms with Crippen LogP contribution >= 0.6 is 0 Å². The van der Waals surface area contributed by atoms with Crippen LogP contribution in [0.15, 0.2) is 36.5 Å².